The maximum absolute atomic E-state index is 13.1. The average molecular weight is 270 g/mol. The summed E-state index contributed by atoms with van der Waals surface area (Å²) in [5.74, 6) is 0.342. The first kappa shape index (κ1) is 12.5. The van der Waals surface area contributed by atoms with Gasteiger partial charge < -0.3 is 16.0 Å². The molecule has 1 atom stereocenters. The number of nitrogens with one attached hydrogen (secondary N) is 2. The van der Waals surface area contributed by atoms with E-state index in [0.29, 0.717) is 11.5 Å². The van der Waals surface area contributed by atoms with Gasteiger partial charge in [0.25, 0.3) is 0 Å². The van der Waals surface area contributed by atoms with E-state index in [9.17, 15) is 4.39 Å². The number of nitrogens with two attached hydrogens (primary N) is 1. The molecule has 0 bridgehead atoms. The van der Waals surface area contributed by atoms with Gasteiger partial charge in [0.2, 0.25) is 5.95 Å². The van der Waals surface area contributed by atoms with Crippen LogP contribution in [0.2, 0.25) is 0 Å². The number of nitrogens with zero attached hydrogens (tertiary/aromatic N) is 1. The van der Waals surface area contributed by atoms with E-state index in [-0.39, 0.29) is 11.9 Å². The molecule has 1 unspecified atom stereocenters. The van der Waals surface area contributed by atoms with Gasteiger partial charge in [0.15, 0.2) is 0 Å². The van der Waals surface area contributed by atoms with Crippen LogP contribution in [0.4, 0.5) is 16.0 Å². The third-order valence-electron chi connectivity index (χ3n) is 3.23. The highest BCUT2D eigenvalue weighted by Crippen LogP contribution is 2.21. The first-order chi connectivity index (χ1) is 9.61. The Morgan fingerprint density at radius 1 is 1.20 bits per heavy atom. The zero-order valence-electron chi connectivity index (χ0n) is 11.0. The summed E-state index contributed by atoms with van der Waals surface area (Å²) >= 11 is 0. The van der Waals surface area contributed by atoms with Crippen LogP contribution < -0.4 is 11.1 Å². The first-order valence-corrected chi connectivity index (χ1v) is 6.39. The number of nitrogen functional groups attached to an aromatic ring is 1. The second-order valence-electron chi connectivity index (χ2n) is 4.78. The summed E-state index contributed by atoms with van der Waals surface area (Å²) in [5, 5.41) is 3.26. The van der Waals surface area contributed by atoms with E-state index in [1.165, 1.54) is 12.1 Å². The summed E-state index contributed by atoms with van der Waals surface area (Å²) in [6.45, 7) is 2.03. The standard InChI is InChI=1S/C15H15FN4/c1-9(10-2-5-12(17)6-3-10)18-15-19-13-7-4-11(16)8-14(13)20-15/h2-9H,17H2,1H3,(H2,18,19,20). The fourth-order valence-corrected chi connectivity index (χ4v) is 2.12. The predicted octanol–water partition coefficient (Wildman–Crippen LogP) is 3.46. The van der Waals surface area contributed by atoms with Crippen molar-refractivity contribution in [3.63, 3.8) is 0 Å². The van der Waals surface area contributed by atoms with Crippen molar-refractivity contribution < 1.29 is 4.39 Å². The summed E-state index contributed by atoms with van der Waals surface area (Å²) in [5.41, 5.74) is 8.92. The number of aromatic nitrogens is 2. The number of benzene rings is 2. The highest BCUT2D eigenvalue weighted by atomic mass is 19.1. The second kappa shape index (κ2) is 4.85. The molecule has 3 aromatic rings. The van der Waals surface area contributed by atoms with Crippen LogP contribution in [0.15, 0.2) is 42.5 Å². The van der Waals surface area contributed by atoms with Gasteiger partial charge in [0, 0.05) is 5.69 Å². The number of rotatable bonds is 3. The zero-order valence-corrected chi connectivity index (χ0v) is 11.0. The Kier molecular flexibility index (Phi) is 3.02. The van der Waals surface area contributed by atoms with Crippen molar-refractivity contribution >= 4 is 22.7 Å². The lowest BCUT2D eigenvalue weighted by Gasteiger charge is -2.13. The number of aromatic amines is 1. The van der Waals surface area contributed by atoms with Crippen LogP contribution in [0, 0.1) is 5.82 Å². The Balaban J connectivity index is 1.83. The molecule has 2 aromatic carbocycles. The molecule has 3 rings (SSSR count). The largest absolute Gasteiger partial charge is 0.399 e. The molecular formula is C15H15FN4. The maximum Gasteiger partial charge on any atom is 0.201 e. The number of halogens is 1. The number of fused-ring (bicyclic) bond motifs is 1. The topological polar surface area (TPSA) is 66.7 Å². The quantitative estimate of drug-likeness (QED) is 0.638. The van der Waals surface area contributed by atoms with Crippen LogP contribution in [-0.4, -0.2) is 9.97 Å². The minimum absolute atomic E-state index is 0.0704. The molecular weight excluding hydrogens is 255 g/mol. The van der Waals surface area contributed by atoms with Gasteiger partial charge in [0.1, 0.15) is 5.82 Å². The Labute approximate surface area is 115 Å². The van der Waals surface area contributed by atoms with Crippen molar-refractivity contribution in [1.82, 2.24) is 9.97 Å². The zero-order chi connectivity index (χ0) is 14.1. The van der Waals surface area contributed by atoms with Gasteiger partial charge in [-0.2, -0.15) is 0 Å². The van der Waals surface area contributed by atoms with Crippen LogP contribution in [0.1, 0.15) is 18.5 Å². The summed E-state index contributed by atoms with van der Waals surface area (Å²) in [6, 6.07) is 12.2. The third-order valence-corrected chi connectivity index (χ3v) is 3.23. The molecule has 0 aliphatic heterocycles. The van der Waals surface area contributed by atoms with Crippen molar-refractivity contribution in [1.29, 1.82) is 0 Å². The first-order valence-electron chi connectivity index (χ1n) is 6.39. The minimum Gasteiger partial charge on any atom is -0.399 e. The van der Waals surface area contributed by atoms with Gasteiger partial charge in [-0.05, 0) is 42.8 Å². The van der Waals surface area contributed by atoms with Gasteiger partial charge in [-0.1, -0.05) is 12.1 Å². The number of anilines is 2. The smallest absolute Gasteiger partial charge is 0.201 e. The van der Waals surface area contributed by atoms with Crippen molar-refractivity contribution in [2.45, 2.75) is 13.0 Å². The molecule has 0 fully saturated rings. The fourth-order valence-electron chi connectivity index (χ4n) is 2.12. The lowest BCUT2D eigenvalue weighted by molar-refractivity contribution is 0.629. The molecule has 5 heteroatoms. The minimum atomic E-state index is -0.278. The highest BCUT2D eigenvalue weighted by molar-refractivity contribution is 5.77. The Hall–Kier alpha value is -2.56. The van der Waals surface area contributed by atoms with E-state index in [2.05, 4.69) is 15.3 Å². The molecule has 0 saturated carbocycles. The summed E-state index contributed by atoms with van der Waals surface area (Å²) < 4.78 is 13.1. The second-order valence-corrected chi connectivity index (χ2v) is 4.78. The molecule has 0 amide bonds. The van der Waals surface area contributed by atoms with E-state index >= 15 is 0 Å². The fraction of sp³-hybridized carbons (Fsp3) is 0.133. The molecule has 4 N–H and O–H groups in total. The number of hydrogen-bond acceptors (Lipinski definition) is 3. The Bertz CT molecular complexity index is 733. The van der Waals surface area contributed by atoms with Crippen molar-refractivity contribution in [3.8, 4) is 0 Å². The van der Waals surface area contributed by atoms with Crippen molar-refractivity contribution in [3.05, 3.63) is 53.8 Å². The average Bonchev–Trinajstić information content (AvgIpc) is 2.80. The van der Waals surface area contributed by atoms with E-state index in [1.807, 2.05) is 31.2 Å². The summed E-state index contributed by atoms with van der Waals surface area (Å²) in [7, 11) is 0. The van der Waals surface area contributed by atoms with Crippen LogP contribution in [-0.2, 0) is 0 Å². The summed E-state index contributed by atoms with van der Waals surface area (Å²) in [6.07, 6.45) is 0. The molecule has 102 valence electrons. The molecule has 4 nitrogen and oxygen atoms in total. The summed E-state index contributed by atoms with van der Waals surface area (Å²) in [4.78, 5) is 7.44. The Morgan fingerprint density at radius 2 is 1.95 bits per heavy atom. The molecule has 20 heavy (non-hydrogen) atoms. The van der Waals surface area contributed by atoms with Crippen LogP contribution in [0.3, 0.4) is 0 Å². The monoisotopic (exact) mass is 270 g/mol. The van der Waals surface area contributed by atoms with Gasteiger partial charge in [-0.25, -0.2) is 9.37 Å². The molecule has 0 aliphatic rings. The molecule has 0 saturated heterocycles. The van der Waals surface area contributed by atoms with Gasteiger partial charge in [-0.3, -0.25) is 0 Å². The van der Waals surface area contributed by atoms with E-state index in [1.54, 1.807) is 6.07 Å². The van der Waals surface area contributed by atoms with Crippen molar-refractivity contribution in [2.75, 3.05) is 11.1 Å². The van der Waals surface area contributed by atoms with E-state index < -0.39 is 0 Å². The van der Waals surface area contributed by atoms with Gasteiger partial charge >= 0.3 is 0 Å². The highest BCUT2D eigenvalue weighted by Gasteiger charge is 2.08. The van der Waals surface area contributed by atoms with E-state index in [4.69, 9.17) is 5.73 Å². The molecule has 0 spiro atoms. The number of hydrogen-bond donors (Lipinski definition) is 3. The lowest BCUT2D eigenvalue weighted by Crippen LogP contribution is -2.07. The van der Waals surface area contributed by atoms with Gasteiger partial charge in [0.05, 0.1) is 17.1 Å². The SMILES string of the molecule is CC(Nc1nc2ccc(F)cc2[nH]1)c1ccc(N)cc1. The third kappa shape index (κ3) is 2.42. The molecule has 1 aromatic heterocycles. The molecule has 0 radical (unpaired) electrons. The number of H-pyrrole nitrogens is 1. The van der Waals surface area contributed by atoms with Crippen LogP contribution >= 0.6 is 0 Å². The predicted molar refractivity (Wildman–Crippen MR) is 78.9 cm³/mol. The van der Waals surface area contributed by atoms with E-state index in [0.717, 1.165) is 16.8 Å². The molecule has 0 aliphatic carbocycles. The van der Waals surface area contributed by atoms with Crippen molar-refractivity contribution in [2.24, 2.45) is 0 Å². The number of imidazole rings is 1. The molecule has 1 heterocycles. The normalized spacial score (nSPS) is 12.5. The van der Waals surface area contributed by atoms with Crippen LogP contribution in [0.25, 0.3) is 11.0 Å². The van der Waals surface area contributed by atoms with Crippen LogP contribution in [0.5, 0.6) is 0 Å². The Morgan fingerprint density at radius 3 is 2.70 bits per heavy atom. The maximum atomic E-state index is 13.1. The lowest BCUT2D eigenvalue weighted by atomic mass is 10.1. The van der Waals surface area contributed by atoms with Gasteiger partial charge in [-0.15, -0.1) is 0 Å².